The smallest absolute Gasteiger partial charge is 0.278 e. The summed E-state index contributed by atoms with van der Waals surface area (Å²) in [4.78, 5) is 14.8. The zero-order valence-electron chi connectivity index (χ0n) is 12.4. The number of para-hydroxylation sites is 1. The maximum absolute atomic E-state index is 13.0. The van der Waals surface area contributed by atoms with Crippen molar-refractivity contribution in [2.45, 2.75) is 32.7 Å². The van der Waals surface area contributed by atoms with E-state index < -0.39 is 0 Å². The summed E-state index contributed by atoms with van der Waals surface area (Å²) in [5.74, 6) is -0.0640. The van der Waals surface area contributed by atoms with Crippen LogP contribution in [0.15, 0.2) is 30.5 Å². The number of nitrogens with zero attached hydrogens (tertiary/aromatic N) is 3. The Morgan fingerprint density at radius 1 is 1.33 bits per heavy atom. The van der Waals surface area contributed by atoms with Crippen molar-refractivity contribution in [2.75, 3.05) is 17.2 Å². The monoisotopic (exact) mass is 284 g/mol. The van der Waals surface area contributed by atoms with Gasteiger partial charge in [-0.05, 0) is 38.3 Å². The molecule has 0 saturated heterocycles. The Morgan fingerprint density at radius 2 is 2.10 bits per heavy atom. The molecule has 0 fully saturated rings. The number of benzene rings is 1. The van der Waals surface area contributed by atoms with E-state index >= 15 is 0 Å². The third-order valence-electron chi connectivity index (χ3n) is 3.87. The van der Waals surface area contributed by atoms with Crippen molar-refractivity contribution in [3.63, 3.8) is 0 Å². The summed E-state index contributed by atoms with van der Waals surface area (Å²) in [6, 6.07) is 8.16. The van der Waals surface area contributed by atoms with E-state index in [9.17, 15) is 4.79 Å². The molecule has 0 bridgehead atoms. The number of nitrogens with two attached hydrogens (primary N) is 1. The Morgan fingerprint density at radius 3 is 2.86 bits per heavy atom. The molecule has 2 N–H and O–H groups in total. The van der Waals surface area contributed by atoms with E-state index in [4.69, 9.17) is 5.73 Å². The standard InChI is InChI=1S/C16H20N4O/c1-11(2)20-15(13(17)10-18-20)16(21)19-9-5-7-12-6-3-4-8-14(12)19/h3-4,6,8,10-11H,5,7,9,17H2,1-2H3. The number of hydrogen-bond donors (Lipinski definition) is 1. The van der Waals surface area contributed by atoms with Crippen molar-refractivity contribution in [1.82, 2.24) is 9.78 Å². The average Bonchev–Trinajstić information content (AvgIpc) is 2.88. The van der Waals surface area contributed by atoms with Gasteiger partial charge in [0.05, 0.1) is 11.9 Å². The first-order valence-corrected chi connectivity index (χ1v) is 7.32. The summed E-state index contributed by atoms with van der Waals surface area (Å²) in [6.07, 6.45) is 3.54. The fourth-order valence-corrected chi connectivity index (χ4v) is 2.86. The predicted octanol–water partition coefficient (Wildman–Crippen LogP) is 2.64. The molecule has 5 heteroatoms. The van der Waals surface area contributed by atoms with Crippen molar-refractivity contribution in [3.8, 4) is 0 Å². The van der Waals surface area contributed by atoms with Crippen LogP contribution in [0.25, 0.3) is 0 Å². The minimum Gasteiger partial charge on any atom is -0.396 e. The molecule has 3 rings (SSSR count). The van der Waals surface area contributed by atoms with Crippen LogP contribution in [-0.2, 0) is 6.42 Å². The van der Waals surface area contributed by atoms with Crippen molar-refractivity contribution in [3.05, 3.63) is 41.7 Å². The number of aromatic nitrogens is 2. The molecule has 0 radical (unpaired) electrons. The molecule has 21 heavy (non-hydrogen) atoms. The van der Waals surface area contributed by atoms with Crippen LogP contribution in [0.1, 0.15) is 42.4 Å². The zero-order valence-corrected chi connectivity index (χ0v) is 12.4. The summed E-state index contributed by atoms with van der Waals surface area (Å²) < 4.78 is 1.70. The molecule has 2 aromatic rings. The first-order valence-electron chi connectivity index (χ1n) is 7.32. The topological polar surface area (TPSA) is 64.2 Å². The van der Waals surface area contributed by atoms with E-state index in [1.165, 1.54) is 5.56 Å². The van der Waals surface area contributed by atoms with Crippen molar-refractivity contribution in [2.24, 2.45) is 0 Å². The SMILES string of the molecule is CC(C)n1ncc(N)c1C(=O)N1CCCc2ccccc21. The van der Waals surface area contributed by atoms with Gasteiger partial charge in [0.1, 0.15) is 5.69 Å². The van der Waals surface area contributed by atoms with E-state index in [1.54, 1.807) is 10.9 Å². The highest BCUT2D eigenvalue weighted by Gasteiger charge is 2.28. The second-order valence-electron chi connectivity index (χ2n) is 5.68. The number of aryl methyl sites for hydroxylation is 1. The third-order valence-corrected chi connectivity index (χ3v) is 3.87. The molecular formula is C16H20N4O. The Kier molecular flexibility index (Phi) is 3.41. The molecule has 110 valence electrons. The lowest BCUT2D eigenvalue weighted by molar-refractivity contribution is 0.0974. The molecule has 1 amide bonds. The summed E-state index contributed by atoms with van der Waals surface area (Å²) >= 11 is 0. The number of fused-ring (bicyclic) bond motifs is 1. The Bertz CT molecular complexity index is 675. The largest absolute Gasteiger partial charge is 0.396 e. The highest BCUT2D eigenvalue weighted by Crippen LogP contribution is 2.29. The number of carbonyl (C=O) groups excluding carboxylic acids is 1. The number of anilines is 2. The normalized spacial score (nSPS) is 14.3. The lowest BCUT2D eigenvalue weighted by atomic mass is 10.0. The second-order valence-corrected chi connectivity index (χ2v) is 5.68. The lowest BCUT2D eigenvalue weighted by Crippen LogP contribution is -2.37. The summed E-state index contributed by atoms with van der Waals surface area (Å²) in [5, 5.41) is 4.23. The highest BCUT2D eigenvalue weighted by molar-refractivity contribution is 6.08. The Balaban J connectivity index is 2.03. The molecule has 0 aliphatic carbocycles. The summed E-state index contributed by atoms with van der Waals surface area (Å²) in [7, 11) is 0. The molecule has 1 aliphatic rings. The number of carbonyl (C=O) groups is 1. The number of amides is 1. The van der Waals surface area contributed by atoms with Gasteiger partial charge in [0, 0.05) is 18.3 Å². The van der Waals surface area contributed by atoms with Crippen molar-refractivity contribution in [1.29, 1.82) is 0 Å². The Labute approximate surface area is 124 Å². The first-order chi connectivity index (χ1) is 10.1. The molecule has 5 nitrogen and oxygen atoms in total. The van der Waals surface area contributed by atoms with E-state index in [0.29, 0.717) is 11.4 Å². The van der Waals surface area contributed by atoms with E-state index in [1.807, 2.05) is 36.9 Å². The lowest BCUT2D eigenvalue weighted by Gasteiger charge is -2.30. The molecule has 1 aromatic heterocycles. The van der Waals surface area contributed by atoms with Crippen LogP contribution < -0.4 is 10.6 Å². The van der Waals surface area contributed by atoms with Crippen LogP contribution in [-0.4, -0.2) is 22.2 Å². The number of rotatable bonds is 2. The van der Waals surface area contributed by atoms with E-state index in [2.05, 4.69) is 11.2 Å². The fourth-order valence-electron chi connectivity index (χ4n) is 2.86. The van der Waals surface area contributed by atoms with Gasteiger partial charge in [-0.2, -0.15) is 5.10 Å². The van der Waals surface area contributed by atoms with Crippen LogP contribution in [0.4, 0.5) is 11.4 Å². The number of hydrogen-bond acceptors (Lipinski definition) is 3. The number of nitrogen functional groups attached to an aromatic ring is 1. The molecule has 1 aromatic carbocycles. The molecule has 2 heterocycles. The molecule has 1 aliphatic heterocycles. The third kappa shape index (κ3) is 2.28. The molecule has 0 unspecified atom stereocenters. The summed E-state index contributed by atoms with van der Waals surface area (Å²) in [5.41, 5.74) is 9.11. The maximum Gasteiger partial charge on any atom is 0.278 e. The quantitative estimate of drug-likeness (QED) is 0.922. The van der Waals surface area contributed by atoms with Crippen LogP contribution in [0.5, 0.6) is 0 Å². The zero-order chi connectivity index (χ0) is 15.0. The van der Waals surface area contributed by atoms with Gasteiger partial charge in [-0.3, -0.25) is 9.48 Å². The van der Waals surface area contributed by atoms with E-state index in [-0.39, 0.29) is 11.9 Å². The van der Waals surface area contributed by atoms with Gasteiger partial charge in [0.25, 0.3) is 5.91 Å². The van der Waals surface area contributed by atoms with Gasteiger partial charge in [-0.25, -0.2) is 0 Å². The van der Waals surface area contributed by atoms with Crippen LogP contribution in [0.3, 0.4) is 0 Å². The molecule has 0 spiro atoms. The van der Waals surface area contributed by atoms with Crippen molar-refractivity contribution >= 4 is 17.3 Å². The van der Waals surface area contributed by atoms with Crippen LogP contribution >= 0.6 is 0 Å². The van der Waals surface area contributed by atoms with Gasteiger partial charge in [0.15, 0.2) is 0 Å². The van der Waals surface area contributed by atoms with Crippen molar-refractivity contribution < 1.29 is 4.79 Å². The minimum absolute atomic E-state index is 0.0640. The molecular weight excluding hydrogens is 264 g/mol. The van der Waals surface area contributed by atoms with Gasteiger partial charge in [-0.15, -0.1) is 0 Å². The molecule has 0 saturated carbocycles. The summed E-state index contributed by atoms with van der Waals surface area (Å²) in [6.45, 7) is 4.71. The predicted molar refractivity (Wildman–Crippen MR) is 83.5 cm³/mol. The van der Waals surface area contributed by atoms with Gasteiger partial charge >= 0.3 is 0 Å². The second kappa shape index (κ2) is 5.24. The maximum atomic E-state index is 13.0. The fraction of sp³-hybridized carbons (Fsp3) is 0.375. The average molecular weight is 284 g/mol. The van der Waals surface area contributed by atoms with Gasteiger partial charge in [-0.1, -0.05) is 18.2 Å². The Hall–Kier alpha value is -2.30. The van der Waals surface area contributed by atoms with Gasteiger partial charge < -0.3 is 10.6 Å². The highest BCUT2D eigenvalue weighted by atomic mass is 16.2. The van der Waals surface area contributed by atoms with Gasteiger partial charge in [0.2, 0.25) is 0 Å². The minimum atomic E-state index is -0.0640. The van der Waals surface area contributed by atoms with Crippen LogP contribution in [0, 0.1) is 0 Å². The van der Waals surface area contributed by atoms with Crippen LogP contribution in [0.2, 0.25) is 0 Å². The first kappa shape index (κ1) is 13.7. The van der Waals surface area contributed by atoms with E-state index in [0.717, 1.165) is 25.1 Å². The molecule has 0 atom stereocenters.